The molecule has 0 aliphatic heterocycles. The third-order valence-electron chi connectivity index (χ3n) is 2.83. The van der Waals surface area contributed by atoms with Gasteiger partial charge in [0.15, 0.2) is 0 Å². The number of hydrogen-bond donors (Lipinski definition) is 0. The van der Waals surface area contributed by atoms with Gasteiger partial charge in [0, 0.05) is 13.8 Å². The third-order valence-corrected chi connectivity index (χ3v) is 2.83. The molecule has 0 heterocycles. The summed E-state index contributed by atoms with van der Waals surface area (Å²) < 4.78 is 0. The van der Waals surface area contributed by atoms with Crippen LogP contribution in [0.5, 0.6) is 0 Å². The van der Waals surface area contributed by atoms with Crippen molar-refractivity contribution in [2.45, 2.75) is 13.8 Å². The molecular formula is C20H24EuO6+3. The van der Waals surface area contributed by atoms with Crippen LogP contribution < -0.4 is 0 Å². The second-order valence-corrected chi connectivity index (χ2v) is 5.07. The Balaban J connectivity index is -0.000000384. The summed E-state index contributed by atoms with van der Waals surface area (Å²) in [6, 6.07) is 18.1. The number of rotatable bonds is 6. The Morgan fingerprint density at radius 2 is 0.852 bits per heavy atom. The van der Waals surface area contributed by atoms with Gasteiger partial charge in [-0.1, -0.05) is 47.5 Å². The summed E-state index contributed by atoms with van der Waals surface area (Å²) in [6.45, 7) is 3.03. The Labute approximate surface area is 199 Å². The molecule has 2 aromatic carbocycles. The molecule has 6 N–H and O–H groups in total. The summed E-state index contributed by atoms with van der Waals surface area (Å²) in [7, 11) is 0. The summed E-state index contributed by atoms with van der Waals surface area (Å²) in [5, 5.41) is 0. The van der Waals surface area contributed by atoms with Crippen molar-refractivity contribution in [2.75, 3.05) is 0 Å². The number of ketones is 4. The van der Waals surface area contributed by atoms with Crippen LogP contribution in [0, 0.1) is 62.2 Å². The van der Waals surface area contributed by atoms with E-state index in [0.29, 0.717) is 11.1 Å². The van der Waals surface area contributed by atoms with Crippen LogP contribution in [0.2, 0.25) is 0 Å². The van der Waals surface area contributed by atoms with Gasteiger partial charge >= 0.3 is 49.4 Å². The van der Waals surface area contributed by atoms with Crippen molar-refractivity contribution in [2.24, 2.45) is 0 Å². The Morgan fingerprint density at radius 1 is 0.593 bits per heavy atom. The van der Waals surface area contributed by atoms with Gasteiger partial charge in [-0.25, -0.2) is 0 Å². The fraction of sp³-hybridized carbons (Fsp3) is 0.100. The van der Waals surface area contributed by atoms with Crippen LogP contribution in [0.15, 0.2) is 60.7 Å². The maximum absolute atomic E-state index is 9.37. The van der Waals surface area contributed by atoms with E-state index >= 15 is 0 Å². The van der Waals surface area contributed by atoms with Crippen molar-refractivity contribution in [1.82, 2.24) is 0 Å². The molecular weight excluding hydrogens is 488 g/mol. The molecule has 0 atom stereocenters. The van der Waals surface area contributed by atoms with Crippen LogP contribution in [-0.4, -0.2) is 53.3 Å². The van der Waals surface area contributed by atoms with E-state index in [0.717, 1.165) is 0 Å². The van der Waals surface area contributed by atoms with E-state index in [4.69, 9.17) is 9.59 Å². The maximum atomic E-state index is 9.37. The van der Waals surface area contributed by atoms with E-state index in [-0.39, 0.29) is 83.5 Å². The molecule has 27 heavy (non-hydrogen) atoms. The minimum absolute atomic E-state index is 0. The van der Waals surface area contributed by atoms with Gasteiger partial charge in [-0.3, -0.25) is 9.59 Å². The van der Waals surface area contributed by atoms with Crippen LogP contribution in [0.25, 0.3) is 0 Å². The van der Waals surface area contributed by atoms with Crippen LogP contribution in [0.1, 0.15) is 25.0 Å². The van der Waals surface area contributed by atoms with E-state index in [2.05, 4.69) is 0 Å². The zero-order chi connectivity index (χ0) is 17.9. The zero-order valence-corrected chi connectivity index (χ0v) is 17.4. The summed E-state index contributed by atoms with van der Waals surface area (Å²) in [5.74, 6) is 0.346. The van der Waals surface area contributed by atoms with Crippen molar-refractivity contribution in [3.05, 3.63) is 84.6 Å². The monoisotopic (exact) mass is 513 g/mol. The molecule has 0 aromatic heterocycles. The van der Waals surface area contributed by atoms with Gasteiger partial charge in [0.25, 0.3) is 0 Å². The van der Waals surface area contributed by atoms with Crippen molar-refractivity contribution in [1.29, 1.82) is 0 Å². The summed E-state index contributed by atoms with van der Waals surface area (Å²) in [6.07, 6.45) is 2.63. The van der Waals surface area contributed by atoms with Gasteiger partial charge in [0.1, 0.15) is 0 Å². The maximum Gasteiger partial charge on any atom is 3.00 e. The topological polar surface area (TPSA) is 146 Å². The summed E-state index contributed by atoms with van der Waals surface area (Å²) >= 11 is 0. The molecule has 6 nitrogen and oxygen atoms in total. The van der Waals surface area contributed by atoms with Crippen molar-refractivity contribution < 1.29 is 79.5 Å². The van der Waals surface area contributed by atoms with Crippen LogP contribution >= 0.6 is 0 Å². The molecule has 0 amide bonds. The Morgan fingerprint density at radius 3 is 1.07 bits per heavy atom. The molecule has 144 valence electrons. The second-order valence-electron chi connectivity index (χ2n) is 5.07. The third kappa shape index (κ3) is 13.2. The van der Waals surface area contributed by atoms with Crippen molar-refractivity contribution in [3.63, 3.8) is 0 Å². The van der Waals surface area contributed by atoms with Gasteiger partial charge in [-0.2, -0.15) is 0 Å². The Hall–Kier alpha value is -1.64. The number of carbonyl (C=O) groups excluding carboxylic acids is 4. The van der Waals surface area contributed by atoms with Crippen LogP contribution in [-0.2, 0) is 0 Å². The Kier molecular flexibility index (Phi) is 18.4. The van der Waals surface area contributed by atoms with Gasteiger partial charge in [-0.05, 0) is 12.8 Å². The normalized spacial score (nSPS) is 8.07. The first-order chi connectivity index (χ1) is 11.4. The fourth-order valence-electron chi connectivity index (χ4n) is 1.78. The largest absolute Gasteiger partial charge is 3.00 e. The number of hydrogen-bond acceptors (Lipinski definition) is 2. The molecule has 2 aromatic rings. The SMILES string of the molecule is CC(=[OH+])[CH-]C(=[OH+])c1ccccc1.CC(=[OH+])[CH-]C(=[OH+])c1ccccc1.[Eu+3].[OH-].[OH-]. The standard InChI is InChI=1S/2C10H9O2.Eu.2H2O/c2*1-8(11)7-10(12)9-5-3-2-4-6-9;;;/h2*2-7H,1H3;;2*1H2/q2*-1;+3;;/p+2. The average Bonchev–Trinajstić information content (AvgIpc) is 2.56. The summed E-state index contributed by atoms with van der Waals surface area (Å²) in [5.41, 5.74) is 1.40. The first kappa shape index (κ1) is 30.1. The molecule has 0 bridgehead atoms. The van der Waals surface area contributed by atoms with E-state index in [1.807, 2.05) is 36.4 Å². The van der Waals surface area contributed by atoms with E-state index in [9.17, 15) is 9.59 Å². The van der Waals surface area contributed by atoms with E-state index < -0.39 is 0 Å². The van der Waals surface area contributed by atoms with Gasteiger partial charge < -0.3 is 20.5 Å². The van der Waals surface area contributed by atoms with Crippen molar-refractivity contribution >= 4 is 23.1 Å². The zero-order valence-electron chi connectivity index (χ0n) is 15.0. The van der Waals surface area contributed by atoms with E-state index in [1.54, 1.807) is 24.3 Å². The molecule has 0 fully saturated rings. The molecule has 0 saturated carbocycles. The molecule has 0 aliphatic carbocycles. The smallest absolute Gasteiger partial charge is 0.870 e. The molecule has 0 radical (unpaired) electrons. The first-order valence-electron chi connectivity index (χ1n) is 7.37. The first-order valence-corrected chi connectivity index (χ1v) is 7.37. The molecule has 0 aliphatic rings. The molecule has 0 unspecified atom stereocenters. The average molecular weight is 512 g/mol. The predicted molar refractivity (Wildman–Crippen MR) is 103 cm³/mol. The number of benzene rings is 2. The predicted octanol–water partition coefficient (Wildman–Crippen LogP) is 2.34. The van der Waals surface area contributed by atoms with Crippen LogP contribution in [0.4, 0.5) is 0 Å². The molecule has 7 heteroatoms. The molecule has 0 saturated heterocycles. The van der Waals surface area contributed by atoms with Gasteiger partial charge in [-0.15, -0.1) is 24.3 Å². The van der Waals surface area contributed by atoms with Gasteiger partial charge in [0.2, 0.25) is 23.1 Å². The minimum Gasteiger partial charge on any atom is -0.870 e. The quantitative estimate of drug-likeness (QED) is 0.253. The molecule has 2 rings (SSSR count). The van der Waals surface area contributed by atoms with Crippen LogP contribution in [0.3, 0.4) is 0 Å². The summed E-state index contributed by atoms with van der Waals surface area (Å²) in [4.78, 5) is 36.5. The minimum atomic E-state index is 0. The van der Waals surface area contributed by atoms with Crippen molar-refractivity contribution in [3.8, 4) is 0 Å². The second kappa shape index (κ2) is 16.5. The van der Waals surface area contributed by atoms with E-state index in [1.165, 1.54) is 26.7 Å². The fourth-order valence-corrected chi connectivity index (χ4v) is 1.78. The molecule has 0 spiro atoms. The van der Waals surface area contributed by atoms with Gasteiger partial charge in [0.05, 0.1) is 0 Å². The Bertz CT molecular complexity index is 650.